The molecule has 0 bridgehead atoms. The van der Waals surface area contributed by atoms with E-state index in [1.807, 2.05) is 0 Å². The topological polar surface area (TPSA) is 52.6 Å². The van der Waals surface area contributed by atoms with E-state index < -0.39 is 11.3 Å². The minimum absolute atomic E-state index is 0.268. The zero-order valence-corrected chi connectivity index (χ0v) is 6.39. The van der Waals surface area contributed by atoms with E-state index in [1.165, 1.54) is 0 Å². The van der Waals surface area contributed by atoms with Gasteiger partial charge < -0.3 is 9.47 Å². The predicted octanol–water partition coefficient (Wildman–Crippen LogP) is 0.964. The van der Waals surface area contributed by atoms with Gasteiger partial charge in [-0.05, 0) is 0 Å². The third-order valence-electron chi connectivity index (χ3n) is 0.691. The van der Waals surface area contributed by atoms with Crippen molar-refractivity contribution >= 4 is 23.9 Å². The average Bonchev–Trinajstić information content (AvgIpc) is 1.87. The molecule has 5 heteroatoms. The van der Waals surface area contributed by atoms with Gasteiger partial charge in [0.2, 0.25) is 6.79 Å². The number of carbonyl (C=O) groups is 2. The van der Waals surface area contributed by atoms with Crippen LogP contribution in [0.2, 0.25) is 0 Å². The van der Waals surface area contributed by atoms with Crippen LogP contribution in [0.3, 0.4) is 0 Å². The van der Waals surface area contributed by atoms with Gasteiger partial charge in [-0.3, -0.25) is 4.79 Å². The van der Waals surface area contributed by atoms with E-state index in [4.69, 9.17) is 0 Å². The van der Waals surface area contributed by atoms with Crippen LogP contribution in [0.5, 0.6) is 0 Å². The fourth-order valence-electron chi connectivity index (χ4n) is 0.248. The third-order valence-corrected chi connectivity index (χ3v) is 0.820. The number of thiol groups is 1. The Morgan fingerprint density at radius 3 is 2.40 bits per heavy atom. The highest BCUT2D eigenvalue weighted by atomic mass is 32.1. The number of carbonyl (C=O) groups excluding carboxylic acids is 2. The lowest BCUT2D eigenvalue weighted by Crippen LogP contribution is -2.07. The normalized spacial score (nSPS) is 8.60. The first-order valence-corrected chi connectivity index (χ1v) is 3.13. The lowest BCUT2D eigenvalue weighted by atomic mass is 10.5. The van der Waals surface area contributed by atoms with Crippen LogP contribution in [0, 0.1) is 0 Å². The van der Waals surface area contributed by atoms with Crippen molar-refractivity contribution in [3.8, 4) is 0 Å². The van der Waals surface area contributed by atoms with Crippen LogP contribution in [0.25, 0.3) is 0 Å². The van der Waals surface area contributed by atoms with Gasteiger partial charge in [-0.15, -0.1) is 0 Å². The number of hydrogen-bond acceptors (Lipinski definition) is 4. The summed E-state index contributed by atoms with van der Waals surface area (Å²) in [7, 11) is 0. The van der Waals surface area contributed by atoms with Crippen LogP contribution in [-0.2, 0) is 14.3 Å². The smallest absolute Gasteiger partial charge is 0.367 e. The zero-order chi connectivity index (χ0) is 7.98. The first kappa shape index (κ1) is 9.29. The van der Waals surface area contributed by atoms with Crippen molar-refractivity contribution in [1.82, 2.24) is 0 Å². The molecule has 10 heavy (non-hydrogen) atoms. The molecule has 0 aliphatic heterocycles. The number of ether oxygens (including phenoxy) is 2. The van der Waals surface area contributed by atoms with Crippen molar-refractivity contribution in [3.05, 3.63) is 0 Å². The number of hydrogen-bond donors (Lipinski definition) is 1. The Morgan fingerprint density at radius 2 is 2.00 bits per heavy atom. The van der Waals surface area contributed by atoms with Gasteiger partial charge in [0, 0.05) is 6.42 Å². The molecule has 0 fully saturated rings. The van der Waals surface area contributed by atoms with Crippen molar-refractivity contribution in [3.63, 3.8) is 0 Å². The number of esters is 1. The molecule has 0 aliphatic carbocycles. The largest absolute Gasteiger partial charge is 0.428 e. The molecule has 0 aromatic carbocycles. The molecule has 0 N–H and O–H groups in total. The van der Waals surface area contributed by atoms with Gasteiger partial charge in [-0.2, -0.15) is 0 Å². The summed E-state index contributed by atoms with van der Waals surface area (Å²) in [6, 6.07) is 0. The quantitative estimate of drug-likeness (QED) is 0.383. The van der Waals surface area contributed by atoms with Crippen molar-refractivity contribution in [2.75, 3.05) is 6.79 Å². The molecule has 0 aromatic rings. The summed E-state index contributed by atoms with van der Waals surface area (Å²) < 4.78 is 8.57. The van der Waals surface area contributed by atoms with E-state index in [9.17, 15) is 9.59 Å². The van der Waals surface area contributed by atoms with Crippen molar-refractivity contribution in [1.29, 1.82) is 0 Å². The fourth-order valence-corrected chi connectivity index (χ4v) is 0.300. The van der Waals surface area contributed by atoms with E-state index in [-0.39, 0.29) is 13.2 Å². The minimum Gasteiger partial charge on any atom is -0.428 e. The Bertz CT molecular complexity index is 134. The summed E-state index contributed by atoms with van der Waals surface area (Å²) in [5.41, 5.74) is 0. The molecule has 0 heterocycles. The van der Waals surface area contributed by atoms with E-state index in [1.54, 1.807) is 6.92 Å². The Labute approximate surface area is 63.9 Å². The van der Waals surface area contributed by atoms with Gasteiger partial charge >= 0.3 is 11.3 Å². The molecule has 0 atom stereocenters. The summed E-state index contributed by atoms with van der Waals surface area (Å²) in [5, 5.41) is -0.760. The molecule has 0 spiro atoms. The fraction of sp³-hybridized carbons (Fsp3) is 0.600. The van der Waals surface area contributed by atoms with Crippen molar-refractivity contribution < 1.29 is 19.1 Å². The molecule has 0 aliphatic rings. The summed E-state index contributed by atoms with van der Waals surface area (Å²) in [6.07, 6.45) is 0.268. The maximum atomic E-state index is 10.4. The second-order valence-electron chi connectivity index (χ2n) is 1.40. The Morgan fingerprint density at radius 1 is 1.40 bits per heavy atom. The van der Waals surface area contributed by atoms with Crippen LogP contribution >= 0.6 is 12.6 Å². The summed E-state index contributed by atoms with van der Waals surface area (Å²) >= 11 is 3.28. The molecule has 4 nitrogen and oxygen atoms in total. The third kappa shape index (κ3) is 5.43. The highest BCUT2D eigenvalue weighted by Gasteiger charge is 1.98. The molecule has 58 valence electrons. The lowest BCUT2D eigenvalue weighted by Gasteiger charge is -2.00. The van der Waals surface area contributed by atoms with Crippen LogP contribution in [0.1, 0.15) is 13.3 Å². The van der Waals surface area contributed by atoms with Gasteiger partial charge in [0.05, 0.1) is 0 Å². The maximum Gasteiger partial charge on any atom is 0.367 e. The van der Waals surface area contributed by atoms with Crippen LogP contribution in [-0.4, -0.2) is 18.1 Å². The Balaban J connectivity index is 3.20. The molecular weight excluding hydrogens is 156 g/mol. The zero-order valence-electron chi connectivity index (χ0n) is 5.49. The SMILES string of the molecule is CCC(=O)OCOC(=O)S. The van der Waals surface area contributed by atoms with Gasteiger partial charge in [-0.1, -0.05) is 19.6 Å². The standard InChI is InChI=1S/C5H8O4S/c1-2-4(6)8-3-9-5(7)10/h2-3H2,1H3,(H,7,10). The summed E-state index contributed by atoms with van der Waals surface area (Å²) in [4.78, 5) is 20.3. The Kier molecular flexibility index (Phi) is 4.74. The molecule has 0 aromatic heterocycles. The first-order valence-electron chi connectivity index (χ1n) is 2.68. The second kappa shape index (κ2) is 5.10. The molecule has 0 radical (unpaired) electrons. The Hall–Kier alpha value is -0.710. The van der Waals surface area contributed by atoms with E-state index >= 15 is 0 Å². The molecule has 0 amide bonds. The monoisotopic (exact) mass is 164 g/mol. The van der Waals surface area contributed by atoms with Crippen molar-refractivity contribution in [2.45, 2.75) is 13.3 Å². The minimum atomic E-state index is -0.760. The van der Waals surface area contributed by atoms with Gasteiger partial charge in [0.1, 0.15) is 0 Å². The average molecular weight is 164 g/mol. The van der Waals surface area contributed by atoms with E-state index in [2.05, 4.69) is 22.1 Å². The maximum absolute atomic E-state index is 10.4. The molecule has 0 unspecified atom stereocenters. The summed E-state index contributed by atoms with van der Waals surface area (Å²) in [5.74, 6) is -0.408. The predicted molar refractivity (Wildman–Crippen MR) is 36.7 cm³/mol. The van der Waals surface area contributed by atoms with Crippen molar-refractivity contribution in [2.24, 2.45) is 0 Å². The number of rotatable bonds is 3. The molecule has 0 saturated heterocycles. The first-order chi connectivity index (χ1) is 4.66. The van der Waals surface area contributed by atoms with Gasteiger partial charge in [0.15, 0.2) is 0 Å². The van der Waals surface area contributed by atoms with Gasteiger partial charge in [-0.25, -0.2) is 4.79 Å². The second-order valence-corrected chi connectivity index (χ2v) is 1.76. The molecular formula is C5H8O4S. The van der Waals surface area contributed by atoms with Crippen LogP contribution < -0.4 is 0 Å². The molecule has 0 rings (SSSR count). The summed E-state index contributed by atoms with van der Waals surface area (Å²) in [6.45, 7) is 1.29. The highest BCUT2D eigenvalue weighted by Crippen LogP contribution is 1.88. The highest BCUT2D eigenvalue weighted by molar-refractivity contribution is 7.96. The van der Waals surface area contributed by atoms with E-state index in [0.717, 1.165) is 0 Å². The van der Waals surface area contributed by atoms with Crippen LogP contribution in [0.4, 0.5) is 4.79 Å². The van der Waals surface area contributed by atoms with E-state index in [0.29, 0.717) is 0 Å². The lowest BCUT2D eigenvalue weighted by molar-refractivity contribution is -0.150. The van der Waals surface area contributed by atoms with Crippen LogP contribution in [0.15, 0.2) is 0 Å². The molecule has 0 saturated carbocycles. The van der Waals surface area contributed by atoms with Gasteiger partial charge in [0.25, 0.3) is 0 Å².